The van der Waals surface area contributed by atoms with Gasteiger partial charge in [0.15, 0.2) is 0 Å². The number of alkyl halides is 2. The number of carbonyl (C=O) groups excluding carboxylic acids is 1. The van der Waals surface area contributed by atoms with Crippen LogP contribution >= 0.6 is 10.5 Å². The van der Waals surface area contributed by atoms with Gasteiger partial charge in [-0.3, -0.25) is 25.0 Å². The molecule has 0 bridgehead atoms. The average molecular weight is 498 g/mol. The number of anilines is 1. The van der Waals surface area contributed by atoms with E-state index in [1.54, 1.807) is 13.8 Å². The Morgan fingerprint density at radius 3 is 2.76 bits per heavy atom. The zero-order valence-corrected chi connectivity index (χ0v) is 19.3. The number of amidine groups is 1. The van der Waals surface area contributed by atoms with Crippen LogP contribution in [0.3, 0.4) is 0 Å². The molecule has 4 heterocycles. The van der Waals surface area contributed by atoms with Gasteiger partial charge in [-0.1, -0.05) is 0 Å². The van der Waals surface area contributed by atoms with Crippen LogP contribution in [0.4, 0.5) is 19.0 Å². The number of ether oxygens (including phenoxy) is 1. The van der Waals surface area contributed by atoms with Gasteiger partial charge in [-0.15, -0.1) is 0 Å². The van der Waals surface area contributed by atoms with Gasteiger partial charge in [0.2, 0.25) is 0 Å². The van der Waals surface area contributed by atoms with Gasteiger partial charge in [0, 0.05) is 12.3 Å². The SMILES string of the molecule is CC1(c2nc(NC(=O)c3ccc(OC(F)F)cn3)ccc2F)CS2([O-])NCCCC2(C)C(N)=N1. The summed E-state index contributed by atoms with van der Waals surface area (Å²) >= 11 is 0. The van der Waals surface area contributed by atoms with Crippen LogP contribution in [0.5, 0.6) is 5.75 Å². The van der Waals surface area contributed by atoms with Gasteiger partial charge < -0.3 is 20.3 Å². The van der Waals surface area contributed by atoms with E-state index >= 15 is 0 Å². The van der Waals surface area contributed by atoms with Gasteiger partial charge in [-0.25, -0.2) is 14.4 Å². The summed E-state index contributed by atoms with van der Waals surface area (Å²) in [6.07, 6.45) is 2.37. The van der Waals surface area contributed by atoms with Crippen molar-refractivity contribution in [2.75, 3.05) is 17.6 Å². The number of nitrogens with two attached hydrogens (primary N) is 1. The summed E-state index contributed by atoms with van der Waals surface area (Å²) in [7, 11) is -2.72. The van der Waals surface area contributed by atoms with Crippen molar-refractivity contribution in [1.29, 1.82) is 0 Å². The Morgan fingerprint density at radius 2 is 2.09 bits per heavy atom. The molecule has 0 saturated carbocycles. The third-order valence-electron chi connectivity index (χ3n) is 6.08. The Balaban J connectivity index is 1.60. The Labute approximate surface area is 195 Å². The van der Waals surface area contributed by atoms with Crippen molar-refractivity contribution in [3.8, 4) is 5.75 Å². The molecule has 3 atom stereocenters. The molecule has 4 rings (SSSR count). The summed E-state index contributed by atoms with van der Waals surface area (Å²) in [6.45, 7) is 0.934. The maximum atomic E-state index is 14.9. The largest absolute Gasteiger partial charge is 0.800 e. The summed E-state index contributed by atoms with van der Waals surface area (Å²) in [5, 5.41) is 2.49. The van der Waals surface area contributed by atoms with Crippen LogP contribution in [-0.2, 0) is 5.54 Å². The van der Waals surface area contributed by atoms with Crippen molar-refractivity contribution in [1.82, 2.24) is 14.7 Å². The van der Waals surface area contributed by atoms with Gasteiger partial charge in [0.1, 0.15) is 40.1 Å². The first-order chi connectivity index (χ1) is 16.0. The standard InChI is InChI=1S/C21H25F3N6O3S/c1-20(11-34(32)21(2,18(25)30-20)8-3-9-27-34)16-13(22)5-7-15(28-16)29-17(31)14-6-4-12(10-26-14)33-19(23)24/h4-7,10,19,27,32H,3,8-9,11H2,1-2H3,(H2,25,30)(H,28,29,31)/p-1. The minimum absolute atomic E-state index is 0.00555. The second-order valence-electron chi connectivity index (χ2n) is 8.56. The van der Waals surface area contributed by atoms with Gasteiger partial charge in [-0.05, 0) is 51.0 Å². The van der Waals surface area contributed by atoms with Crippen LogP contribution in [0, 0.1) is 5.82 Å². The summed E-state index contributed by atoms with van der Waals surface area (Å²) in [4.78, 5) is 25.1. The van der Waals surface area contributed by atoms with E-state index in [0.29, 0.717) is 13.0 Å². The van der Waals surface area contributed by atoms with Crippen LogP contribution in [-0.4, -0.2) is 49.9 Å². The lowest BCUT2D eigenvalue weighted by molar-refractivity contribution is -0.0500. The molecule has 0 spiro atoms. The normalized spacial score (nSPS) is 30.6. The highest BCUT2D eigenvalue weighted by Gasteiger charge is 2.50. The number of hydrogen-bond acceptors (Lipinski definition) is 8. The van der Waals surface area contributed by atoms with Gasteiger partial charge in [0.25, 0.3) is 5.91 Å². The van der Waals surface area contributed by atoms with Crippen LogP contribution in [0.15, 0.2) is 35.5 Å². The first-order valence-electron chi connectivity index (χ1n) is 10.5. The first-order valence-corrected chi connectivity index (χ1v) is 12.2. The number of aliphatic imine (C=N–C) groups is 1. The van der Waals surface area contributed by atoms with Gasteiger partial charge in [0.05, 0.1) is 10.9 Å². The van der Waals surface area contributed by atoms with Crippen molar-refractivity contribution in [3.63, 3.8) is 0 Å². The molecule has 1 fully saturated rings. The molecule has 0 aromatic carbocycles. The molecule has 4 N–H and O–H groups in total. The predicted octanol–water partition coefficient (Wildman–Crippen LogP) is 3.05. The first kappa shape index (κ1) is 24.2. The quantitative estimate of drug-likeness (QED) is 0.577. The number of carbonyl (C=O) groups is 1. The van der Waals surface area contributed by atoms with E-state index in [2.05, 4.69) is 29.7 Å². The van der Waals surface area contributed by atoms with Crippen molar-refractivity contribution < 1.29 is 27.3 Å². The molecular formula is C21H24F3N6O3S-. The fourth-order valence-electron chi connectivity index (χ4n) is 4.18. The number of nitrogens with one attached hydrogen (secondary N) is 2. The van der Waals surface area contributed by atoms with E-state index in [1.165, 1.54) is 18.2 Å². The Morgan fingerprint density at radius 1 is 1.32 bits per heavy atom. The summed E-state index contributed by atoms with van der Waals surface area (Å²) < 4.78 is 59.7. The third-order valence-corrected chi connectivity index (χ3v) is 9.59. The predicted molar refractivity (Wildman–Crippen MR) is 121 cm³/mol. The van der Waals surface area contributed by atoms with Crippen LogP contribution in [0.25, 0.3) is 0 Å². The molecule has 0 aliphatic carbocycles. The molecule has 34 heavy (non-hydrogen) atoms. The molecule has 1 amide bonds. The summed E-state index contributed by atoms with van der Waals surface area (Å²) in [6, 6.07) is 4.75. The lowest BCUT2D eigenvalue weighted by Gasteiger charge is -2.66. The van der Waals surface area contributed by atoms with Crippen LogP contribution < -0.4 is 20.5 Å². The molecular weight excluding hydrogens is 473 g/mol. The number of nitrogens with zero attached hydrogens (tertiary/aromatic N) is 3. The molecule has 9 nitrogen and oxygen atoms in total. The molecule has 2 aliphatic heterocycles. The van der Waals surface area contributed by atoms with Crippen molar-refractivity contribution in [2.24, 2.45) is 10.7 Å². The summed E-state index contributed by atoms with van der Waals surface area (Å²) in [5.41, 5.74) is 4.72. The highest BCUT2D eigenvalue weighted by atomic mass is 32.3. The topological polar surface area (TPSA) is 138 Å². The molecule has 2 aliphatic rings. The number of aromatic nitrogens is 2. The lowest BCUT2D eigenvalue weighted by Crippen LogP contribution is -2.60. The molecule has 1 saturated heterocycles. The van der Waals surface area contributed by atoms with E-state index < -0.39 is 39.1 Å². The zero-order chi connectivity index (χ0) is 24.7. The third kappa shape index (κ3) is 4.30. The maximum absolute atomic E-state index is 14.9. The Hall–Kier alpha value is -2.90. The van der Waals surface area contributed by atoms with Gasteiger partial charge >= 0.3 is 6.61 Å². The molecule has 0 radical (unpaired) electrons. The van der Waals surface area contributed by atoms with E-state index in [1.807, 2.05) is 0 Å². The second-order valence-corrected chi connectivity index (χ2v) is 11.4. The van der Waals surface area contributed by atoms with Crippen molar-refractivity contribution in [2.45, 2.75) is 43.6 Å². The number of fused-ring (bicyclic) bond motifs is 1. The van der Waals surface area contributed by atoms with Crippen LogP contribution in [0.1, 0.15) is 42.9 Å². The van der Waals surface area contributed by atoms with Crippen molar-refractivity contribution in [3.05, 3.63) is 47.7 Å². The summed E-state index contributed by atoms with van der Waals surface area (Å²) in [5.74, 6) is -1.42. The minimum Gasteiger partial charge on any atom is -0.800 e. The number of amides is 1. The Bertz CT molecular complexity index is 1140. The van der Waals surface area contributed by atoms with Gasteiger partial charge in [-0.2, -0.15) is 8.78 Å². The number of rotatable bonds is 5. The number of halogens is 3. The zero-order valence-electron chi connectivity index (χ0n) is 18.5. The van der Waals surface area contributed by atoms with E-state index in [4.69, 9.17) is 5.73 Å². The molecule has 13 heteroatoms. The van der Waals surface area contributed by atoms with Crippen LogP contribution in [0.2, 0.25) is 0 Å². The highest BCUT2D eigenvalue weighted by molar-refractivity contribution is 8.29. The fourth-order valence-corrected chi connectivity index (χ4v) is 7.25. The van der Waals surface area contributed by atoms with E-state index in [0.717, 1.165) is 18.7 Å². The maximum Gasteiger partial charge on any atom is 0.387 e. The number of hydrogen-bond donors (Lipinski definition) is 3. The monoisotopic (exact) mass is 497 g/mol. The average Bonchev–Trinajstić information content (AvgIpc) is 2.76. The number of pyridine rings is 2. The van der Waals surface area contributed by atoms with Crippen molar-refractivity contribution >= 4 is 28.1 Å². The van der Waals surface area contributed by atoms with E-state index in [-0.39, 0.29) is 34.5 Å². The molecule has 2 aromatic heterocycles. The molecule has 3 unspecified atom stereocenters. The second kappa shape index (κ2) is 8.71. The lowest BCUT2D eigenvalue weighted by atomic mass is 9.96. The Kier molecular flexibility index (Phi) is 6.21. The highest BCUT2D eigenvalue weighted by Crippen LogP contribution is 2.62. The van der Waals surface area contributed by atoms with E-state index in [9.17, 15) is 22.5 Å². The molecule has 2 aromatic rings. The molecule has 184 valence electrons. The minimum atomic E-state index is -3.02. The smallest absolute Gasteiger partial charge is 0.387 e. The fraction of sp³-hybridized carbons (Fsp3) is 0.429.